The van der Waals surface area contributed by atoms with Gasteiger partial charge in [0.05, 0.1) is 6.61 Å². The average Bonchev–Trinajstić information content (AvgIpc) is 2.80. The second kappa shape index (κ2) is 9.29. The van der Waals surface area contributed by atoms with Crippen molar-refractivity contribution in [3.05, 3.63) is 24.0 Å². The third-order valence-electron chi connectivity index (χ3n) is 3.34. The number of nitrogens with zero attached hydrogens (tertiary/aromatic N) is 1. The largest absolute Gasteiger partial charge is 0.390 e. The molecule has 1 N–H and O–H groups in total. The maximum atomic E-state index is 9.11. The molecule has 0 radical (unpaired) electrons. The van der Waals surface area contributed by atoms with Gasteiger partial charge in [-0.2, -0.15) is 0 Å². The van der Waals surface area contributed by atoms with Crippen LogP contribution in [-0.2, 0) is 13.2 Å². The molecule has 2 nitrogen and oxygen atoms in total. The van der Waals surface area contributed by atoms with Crippen LogP contribution in [0.2, 0.25) is 0 Å². The summed E-state index contributed by atoms with van der Waals surface area (Å²) in [5.74, 6) is 0. The highest BCUT2D eigenvalue weighted by atomic mass is 16.3. The van der Waals surface area contributed by atoms with Crippen LogP contribution in [0.1, 0.15) is 64.0 Å². The Hall–Kier alpha value is -0.760. The van der Waals surface area contributed by atoms with Crippen molar-refractivity contribution < 1.29 is 5.11 Å². The van der Waals surface area contributed by atoms with E-state index < -0.39 is 0 Å². The Balaban J connectivity index is 1.97. The van der Waals surface area contributed by atoms with Crippen molar-refractivity contribution in [1.29, 1.82) is 0 Å². The smallest absolute Gasteiger partial charge is 0.0832 e. The van der Waals surface area contributed by atoms with Crippen LogP contribution in [-0.4, -0.2) is 9.67 Å². The number of aliphatic hydroxyl groups excluding tert-OH is 1. The first-order valence-corrected chi connectivity index (χ1v) is 7.13. The SMILES string of the molecule is CCCCCCCCCCn1cccc1CO. The molecule has 0 atom stereocenters. The zero-order valence-electron chi connectivity index (χ0n) is 11.2. The highest BCUT2D eigenvalue weighted by molar-refractivity contribution is 5.05. The number of aromatic nitrogens is 1. The Morgan fingerprint density at radius 1 is 1.00 bits per heavy atom. The topological polar surface area (TPSA) is 25.2 Å². The molecule has 1 heterocycles. The van der Waals surface area contributed by atoms with Gasteiger partial charge in [-0.25, -0.2) is 0 Å². The van der Waals surface area contributed by atoms with Crippen molar-refractivity contribution in [1.82, 2.24) is 4.57 Å². The molecule has 0 aliphatic heterocycles. The highest BCUT2D eigenvalue weighted by Gasteiger charge is 1.98. The number of hydrogen-bond donors (Lipinski definition) is 1. The van der Waals surface area contributed by atoms with Crippen molar-refractivity contribution in [3.8, 4) is 0 Å². The molecule has 17 heavy (non-hydrogen) atoms. The van der Waals surface area contributed by atoms with Gasteiger partial charge in [-0.3, -0.25) is 0 Å². The van der Waals surface area contributed by atoms with Gasteiger partial charge in [0, 0.05) is 18.4 Å². The van der Waals surface area contributed by atoms with Crippen LogP contribution in [0.4, 0.5) is 0 Å². The fraction of sp³-hybridized carbons (Fsp3) is 0.733. The van der Waals surface area contributed by atoms with Crippen LogP contribution in [0, 0.1) is 0 Å². The standard InChI is InChI=1S/C15H27NO/c1-2-3-4-5-6-7-8-9-12-16-13-10-11-15(16)14-17/h10-11,13,17H,2-9,12,14H2,1H3. The molecule has 1 aromatic rings. The molecular weight excluding hydrogens is 210 g/mol. The summed E-state index contributed by atoms with van der Waals surface area (Å²) < 4.78 is 2.16. The molecule has 0 unspecified atom stereocenters. The molecule has 0 saturated heterocycles. The molecule has 0 aliphatic carbocycles. The van der Waals surface area contributed by atoms with E-state index in [2.05, 4.69) is 17.7 Å². The van der Waals surface area contributed by atoms with Crippen LogP contribution in [0.5, 0.6) is 0 Å². The van der Waals surface area contributed by atoms with Gasteiger partial charge >= 0.3 is 0 Å². The fourth-order valence-corrected chi connectivity index (χ4v) is 2.23. The minimum Gasteiger partial charge on any atom is -0.390 e. The zero-order chi connectivity index (χ0) is 12.3. The van der Waals surface area contributed by atoms with E-state index in [1.165, 1.54) is 51.4 Å². The summed E-state index contributed by atoms with van der Waals surface area (Å²) in [6.45, 7) is 3.47. The third kappa shape index (κ3) is 5.92. The summed E-state index contributed by atoms with van der Waals surface area (Å²) in [7, 11) is 0. The molecule has 0 spiro atoms. The van der Waals surface area contributed by atoms with Gasteiger partial charge in [0.2, 0.25) is 0 Å². The number of rotatable bonds is 10. The van der Waals surface area contributed by atoms with Crippen molar-refractivity contribution in [2.24, 2.45) is 0 Å². The predicted molar refractivity (Wildman–Crippen MR) is 73.0 cm³/mol. The lowest BCUT2D eigenvalue weighted by molar-refractivity contribution is 0.270. The molecule has 0 fully saturated rings. The van der Waals surface area contributed by atoms with E-state index in [0.717, 1.165) is 12.2 Å². The highest BCUT2D eigenvalue weighted by Crippen LogP contribution is 2.10. The van der Waals surface area contributed by atoms with Gasteiger partial charge in [-0.05, 0) is 18.6 Å². The Kier molecular flexibility index (Phi) is 7.81. The minimum atomic E-state index is 0.157. The molecule has 0 aliphatic rings. The lowest BCUT2D eigenvalue weighted by Gasteiger charge is -2.07. The van der Waals surface area contributed by atoms with Gasteiger partial charge in [0.1, 0.15) is 0 Å². The first-order chi connectivity index (χ1) is 8.38. The van der Waals surface area contributed by atoms with Gasteiger partial charge in [0.25, 0.3) is 0 Å². The Bertz CT molecular complexity index is 280. The van der Waals surface area contributed by atoms with Gasteiger partial charge in [0.15, 0.2) is 0 Å². The zero-order valence-corrected chi connectivity index (χ0v) is 11.2. The van der Waals surface area contributed by atoms with E-state index in [4.69, 9.17) is 5.11 Å². The van der Waals surface area contributed by atoms with Crippen molar-refractivity contribution in [2.75, 3.05) is 0 Å². The Morgan fingerprint density at radius 3 is 2.29 bits per heavy atom. The van der Waals surface area contributed by atoms with Crippen molar-refractivity contribution >= 4 is 0 Å². The van der Waals surface area contributed by atoms with Gasteiger partial charge in [-0.1, -0.05) is 51.9 Å². The van der Waals surface area contributed by atoms with E-state index in [9.17, 15) is 0 Å². The van der Waals surface area contributed by atoms with Crippen LogP contribution in [0.3, 0.4) is 0 Å². The Labute approximate surface area is 106 Å². The first-order valence-electron chi connectivity index (χ1n) is 7.13. The summed E-state index contributed by atoms with van der Waals surface area (Å²) in [4.78, 5) is 0. The molecule has 1 aromatic heterocycles. The van der Waals surface area contributed by atoms with Crippen molar-refractivity contribution in [2.45, 2.75) is 71.4 Å². The second-order valence-electron chi connectivity index (χ2n) is 4.83. The molecule has 0 amide bonds. The van der Waals surface area contributed by atoms with Crippen LogP contribution >= 0.6 is 0 Å². The predicted octanol–water partition coefficient (Wildman–Crippen LogP) is 4.12. The molecule has 98 valence electrons. The molecule has 1 rings (SSSR count). The van der Waals surface area contributed by atoms with Gasteiger partial charge in [-0.15, -0.1) is 0 Å². The van der Waals surface area contributed by atoms with Gasteiger partial charge < -0.3 is 9.67 Å². The van der Waals surface area contributed by atoms with Crippen LogP contribution < -0.4 is 0 Å². The lowest BCUT2D eigenvalue weighted by Crippen LogP contribution is -2.01. The van der Waals surface area contributed by atoms with Crippen LogP contribution in [0.25, 0.3) is 0 Å². The third-order valence-corrected chi connectivity index (χ3v) is 3.34. The maximum absolute atomic E-state index is 9.11. The Morgan fingerprint density at radius 2 is 1.65 bits per heavy atom. The normalized spacial score (nSPS) is 10.9. The minimum absolute atomic E-state index is 0.157. The van der Waals surface area contributed by atoms with E-state index in [0.29, 0.717) is 0 Å². The molecule has 0 aromatic carbocycles. The average molecular weight is 237 g/mol. The number of hydrogen-bond acceptors (Lipinski definition) is 1. The second-order valence-corrected chi connectivity index (χ2v) is 4.83. The number of aliphatic hydroxyl groups is 1. The quantitative estimate of drug-likeness (QED) is 0.608. The molecular formula is C15H27NO. The maximum Gasteiger partial charge on any atom is 0.0832 e. The first kappa shape index (κ1) is 14.3. The van der Waals surface area contributed by atoms with E-state index in [1.807, 2.05) is 12.1 Å². The lowest BCUT2D eigenvalue weighted by atomic mass is 10.1. The van der Waals surface area contributed by atoms with Crippen LogP contribution in [0.15, 0.2) is 18.3 Å². The van der Waals surface area contributed by atoms with Crippen molar-refractivity contribution in [3.63, 3.8) is 0 Å². The summed E-state index contributed by atoms with van der Waals surface area (Å²) in [6, 6.07) is 4.00. The van der Waals surface area contributed by atoms with E-state index in [1.54, 1.807) is 0 Å². The fourth-order valence-electron chi connectivity index (χ4n) is 2.23. The molecule has 0 saturated carbocycles. The van der Waals surface area contributed by atoms with E-state index in [-0.39, 0.29) is 6.61 Å². The summed E-state index contributed by atoms with van der Waals surface area (Å²) >= 11 is 0. The number of aryl methyl sites for hydroxylation is 1. The van der Waals surface area contributed by atoms with E-state index >= 15 is 0 Å². The monoisotopic (exact) mass is 237 g/mol. The molecule has 0 bridgehead atoms. The molecule has 2 heteroatoms. The summed E-state index contributed by atoms with van der Waals surface area (Å²) in [5.41, 5.74) is 1.04. The summed E-state index contributed by atoms with van der Waals surface area (Å²) in [5, 5.41) is 9.11. The number of unbranched alkanes of at least 4 members (excludes halogenated alkanes) is 7. The summed E-state index contributed by atoms with van der Waals surface area (Å²) in [6.07, 6.45) is 12.9.